The lowest BCUT2D eigenvalue weighted by molar-refractivity contribution is 0.616. The van der Waals surface area contributed by atoms with E-state index < -0.39 is 0 Å². The monoisotopic (exact) mass is 194 g/mol. The normalized spacial score (nSPS) is 10.7. The molecular formula is C13H8NO. The van der Waals surface area contributed by atoms with Gasteiger partial charge in [0.15, 0.2) is 0 Å². The van der Waals surface area contributed by atoms with Gasteiger partial charge in [-0.05, 0) is 47.5 Å². The van der Waals surface area contributed by atoms with Gasteiger partial charge in [0.05, 0.1) is 6.26 Å². The molecule has 0 aliphatic carbocycles. The number of nitrogens with zero attached hydrogens (tertiary/aromatic N) is 1. The largest absolute Gasteiger partial charge is 0.464 e. The van der Waals surface area contributed by atoms with Crippen molar-refractivity contribution in [3.8, 4) is 11.1 Å². The molecule has 0 saturated heterocycles. The Morgan fingerprint density at radius 3 is 2.87 bits per heavy atom. The third-order valence-corrected chi connectivity index (χ3v) is 2.38. The third kappa shape index (κ3) is 1.40. The zero-order valence-corrected chi connectivity index (χ0v) is 7.97. The van der Waals surface area contributed by atoms with E-state index in [9.17, 15) is 0 Å². The molecule has 2 nitrogen and oxygen atoms in total. The molecule has 0 atom stereocenters. The van der Waals surface area contributed by atoms with Gasteiger partial charge in [-0.3, -0.25) is 4.98 Å². The molecule has 0 bridgehead atoms. The first kappa shape index (κ1) is 8.24. The van der Waals surface area contributed by atoms with Crippen LogP contribution >= 0.6 is 0 Å². The Balaban J connectivity index is 2.19. The molecule has 71 valence electrons. The van der Waals surface area contributed by atoms with Crippen LogP contribution in [0.1, 0.15) is 0 Å². The molecule has 0 aliphatic heterocycles. The molecule has 0 N–H and O–H groups in total. The fraction of sp³-hybridized carbons (Fsp3) is 0. The van der Waals surface area contributed by atoms with Gasteiger partial charge >= 0.3 is 0 Å². The van der Waals surface area contributed by atoms with Crippen LogP contribution in [0.3, 0.4) is 0 Å². The summed E-state index contributed by atoms with van der Waals surface area (Å²) in [5, 5.41) is 1.08. The van der Waals surface area contributed by atoms with E-state index >= 15 is 0 Å². The summed E-state index contributed by atoms with van der Waals surface area (Å²) < 4.78 is 5.34. The summed E-state index contributed by atoms with van der Waals surface area (Å²) in [5.74, 6) is 0. The minimum absolute atomic E-state index is 0.889. The van der Waals surface area contributed by atoms with Crippen LogP contribution in [0.2, 0.25) is 0 Å². The smallest absolute Gasteiger partial charge is 0.134 e. The molecule has 0 spiro atoms. The Bertz CT molecular complexity index is 584. The number of aromatic nitrogens is 1. The standard InChI is InChI=1S/C13H8NO/c1-2-12(10-3-6-14-7-4-10)9-13-11(1)5-8-15-13/h1,3-9H. The average Bonchev–Trinajstić information content (AvgIpc) is 2.77. The van der Waals surface area contributed by atoms with Gasteiger partial charge in [-0.25, -0.2) is 0 Å². The van der Waals surface area contributed by atoms with E-state index in [1.54, 1.807) is 18.7 Å². The fourth-order valence-corrected chi connectivity index (χ4v) is 1.59. The Labute approximate surface area is 87.2 Å². The Hall–Kier alpha value is -2.09. The van der Waals surface area contributed by atoms with Gasteiger partial charge in [-0.2, -0.15) is 0 Å². The molecule has 0 saturated carbocycles. The lowest BCUT2D eigenvalue weighted by atomic mass is 10.1. The molecule has 2 aromatic heterocycles. The molecule has 3 aromatic rings. The summed E-state index contributed by atoms with van der Waals surface area (Å²) in [6.45, 7) is 0. The minimum atomic E-state index is 0.889. The van der Waals surface area contributed by atoms with E-state index in [4.69, 9.17) is 4.42 Å². The number of hydrogen-bond acceptors (Lipinski definition) is 2. The Kier molecular flexibility index (Phi) is 1.78. The molecule has 0 amide bonds. The molecule has 1 aromatic carbocycles. The lowest BCUT2D eigenvalue weighted by Crippen LogP contribution is -1.78. The second-order valence-electron chi connectivity index (χ2n) is 3.32. The van der Waals surface area contributed by atoms with Gasteiger partial charge < -0.3 is 4.42 Å². The van der Waals surface area contributed by atoms with Crippen LogP contribution in [0.4, 0.5) is 0 Å². The van der Waals surface area contributed by atoms with Gasteiger partial charge in [0.2, 0.25) is 0 Å². The maximum Gasteiger partial charge on any atom is 0.134 e. The summed E-state index contributed by atoms with van der Waals surface area (Å²) >= 11 is 0. The number of pyridine rings is 1. The van der Waals surface area contributed by atoms with Gasteiger partial charge in [0.25, 0.3) is 0 Å². The molecule has 1 radical (unpaired) electrons. The van der Waals surface area contributed by atoms with Gasteiger partial charge in [-0.1, -0.05) is 0 Å². The highest BCUT2D eigenvalue weighted by Gasteiger charge is 2.01. The highest BCUT2D eigenvalue weighted by Crippen LogP contribution is 2.23. The third-order valence-electron chi connectivity index (χ3n) is 2.38. The predicted octanol–water partition coefficient (Wildman–Crippen LogP) is 3.29. The summed E-state index contributed by atoms with van der Waals surface area (Å²) in [4.78, 5) is 3.99. The predicted molar refractivity (Wildman–Crippen MR) is 58.3 cm³/mol. The molecule has 15 heavy (non-hydrogen) atoms. The SMILES string of the molecule is [c]1cc2ccoc2cc1-c1ccncc1. The maximum atomic E-state index is 5.34. The number of benzene rings is 1. The van der Waals surface area contributed by atoms with Crippen molar-refractivity contribution in [1.29, 1.82) is 0 Å². The average molecular weight is 194 g/mol. The highest BCUT2D eigenvalue weighted by atomic mass is 16.3. The second-order valence-corrected chi connectivity index (χ2v) is 3.32. The first-order chi connectivity index (χ1) is 7.43. The van der Waals surface area contributed by atoms with E-state index in [1.807, 2.05) is 30.3 Å². The van der Waals surface area contributed by atoms with Crippen LogP contribution in [-0.2, 0) is 0 Å². The van der Waals surface area contributed by atoms with Crippen molar-refractivity contribution in [2.75, 3.05) is 0 Å². The zero-order chi connectivity index (χ0) is 10.1. The van der Waals surface area contributed by atoms with Crippen LogP contribution in [0.5, 0.6) is 0 Å². The molecular weight excluding hydrogens is 186 g/mol. The van der Waals surface area contributed by atoms with Crippen molar-refractivity contribution in [3.05, 3.63) is 55.1 Å². The number of furan rings is 1. The topological polar surface area (TPSA) is 26.0 Å². The van der Waals surface area contributed by atoms with E-state index in [1.165, 1.54) is 0 Å². The first-order valence-corrected chi connectivity index (χ1v) is 4.73. The van der Waals surface area contributed by atoms with Crippen molar-refractivity contribution in [3.63, 3.8) is 0 Å². The van der Waals surface area contributed by atoms with Crippen molar-refractivity contribution in [2.24, 2.45) is 0 Å². The molecule has 0 aliphatic rings. The minimum Gasteiger partial charge on any atom is -0.464 e. The van der Waals surface area contributed by atoms with Crippen LogP contribution in [0, 0.1) is 6.07 Å². The van der Waals surface area contributed by atoms with Gasteiger partial charge in [0.1, 0.15) is 5.58 Å². The summed E-state index contributed by atoms with van der Waals surface area (Å²) in [6.07, 6.45) is 5.24. The molecule has 2 heteroatoms. The fourth-order valence-electron chi connectivity index (χ4n) is 1.59. The van der Waals surface area contributed by atoms with Crippen molar-refractivity contribution in [2.45, 2.75) is 0 Å². The van der Waals surface area contributed by atoms with Crippen LogP contribution < -0.4 is 0 Å². The van der Waals surface area contributed by atoms with Crippen molar-refractivity contribution >= 4 is 11.0 Å². The van der Waals surface area contributed by atoms with E-state index in [2.05, 4.69) is 11.1 Å². The van der Waals surface area contributed by atoms with Crippen molar-refractivity contribution in [1.82, 2.24) is 4.98 Å². The first-order valence-electron chi connectivity index (χ1n) is 4.73. The van der Waals surface area contributed by atoms with E-state index in [-0.39, 0.29) is 0 Å². The van der Waals surface area contributed by atoms with Crippen LogP contribution in [-0.4, -0.2) is 4.98 Å². The number of hydrogen-bond donors (Lipinski definition) is 0. The van der Waals surface area contributed by atoms with Crippen LogP contribution in [0.15, 0.2) is 53.4 Å². The maximum absolute atomic E-state index is 5.34. The number of fused-ring (bicyclic) bond motifs is 1. The van der Waals surface area contributed by atoms with E-state index in [0.29, 0.717) is 0 Å². The molecule has 0 fully saturated rings. The second kappa shape index (κ2) is 3.24. The van der Waals surface area contributed by atoms with Crippen molar-refractivity contribution < 1.29 is 4.42 Å². The number of rotatable bonds is 1. The van der Waals surface area contributed by atoms with Gasteiger partial charge in [0, 0.05) is 17.8 Å². The summed E-state index contributed by atoms with van der Waals surface area (Å²) in [5.41, 5.74) is 3.02. The Morgan fingerprint density at radius 2 is 2.00 bits per heavy atom. The van der Waals surface area contributed by atoms with Gasteiger partial charge in [-0.15, -0.1) is 0 Å². The molecule has 3 rings (SSSR count). The zero-order valence-electron chi connectivity index (χ0n) is 7.97. The quantitative estimate of drug-likeness (QED) is 0.594. The highest BCUT2D eigenvalue weighted by molar-refractivity contribution is 5.82. The Morgan fingerprint density at radius 1 is 1.13 bits per heavy atom. The summed E-state index contributed by atoms with van der Waals surface area (Å²) in [6, 6.07) is 13.0. The molecule has 0 unspecified atom stereocenters. The lowest BCUT2D eigenvalue weighted by Gasteiger charge is -1.99. The van der Waals surface area contributed by atoms with E-state index in [0.717, 1.165) is 22.1 Å². The molecule has 2 heterocycles. The summed E-state index contributed by atoms with van der Waals surface area (Å²) in [7, 11) is 0. The van der Waals surface area contributed by atoms with Crippen LogP contribution in [0.25, 0.3) is 22.1 Å².